The number of aryl methyl sites for hydroxylation is 2. The van der Waals surface area contributed by atoms with Crippen molar-refractivity contribution in [2.45, 2.75) is 39.7 Å². The smallest absolute Gasteiger partial charge is 0.222 e. The van der Waals surface area contributed by atoms with Crippen molar-refractivity contribution in [1.82, 2.24) is 15.0 Å². The molecule has 0 unspecified atom stereocenters. The van der Waals surface area contributed by atoms with Gasteiger partial charge in [0.25, 0.3) is 0 Å². The Kier molecular flexibility index (Phi) is 5.68. The van der Waals surface area contributed by atoms with Crippen molar-refractivity contribution in [3.63, 3.8) is 0 Å². The van der Waals surface area contributed by atoms with E-state index in [1.807, 2.05) is 18.7 Å². The Labute approximate surface area is 147 Å². The Morgan fingerprint density at radius 2 is 2.17 bits per heavy atom. The Bertz CT molecular complexity index is 646. The molecule has 0 radical (unpaired) electrons. The van der Waals surface area contributed by atoms with Crippen LogP contribution in [0.15, 0.2) is 21.3 Å². The molecule has 0 atom stereocenters. The molecule has 1 fully saturated rings. The third-order valence-electron chi connectivity index (χ3n) is 4.70. The molecule has 1 amide bonds. The molecule has 0 aliphatic carbocycles. The van der Waals surface area contributed by atoms with Crippen LogP contribution in [0.25, 0.3) is 0 Å². The van der Waals surface area contributed by atoms with E-state index in [-0.39, 0.29) is 5.91 Å². The number of carbonyl (C=O) groups is 1. The number of thiophene rings is 1. The molecule has 2 aromatic heterocycles. The highest BCUT2D eigenvalue weighted by atomic mass is 32.1. The number of nitrogens with zero attached hydrogens (tertiary/aromatic N) is 3. The highest BCUT2D eigenvalue weighted by Gasteiger charge is 2.20. The molecule has 0 saturated carbocycles. The lowest BCUT2D eigenvalue weighted by Crippen LogP contribution is -2.35. The lowest BCUT2D eigenvalue weighted by atomic mass is 10.1. The SMILES string of the molecule is Cc1noc(C)c1CCC(=O)N1CCCN(Cc2ccsc2)CC1. The predicted molar refractivity (Wildman–Crippen MR) is 95.1 cm³/mol. The monoisotopic (exact) mass is 347 g/mol. The van der Waals surface area contributed by atoms with Crippen LogP contribution in [0.4, 0.5) is 0 Å². The van der Waals surface area contributed by atoms with Crippen molar-refractivity contribution in [1.29, 1.82) is 0 Å². The highest BCUT2D eigenvalue weighted by Crippen LogP contribution is 2.16. The number of amides is 1. The van der Waals surface area contributed by atoms with Gasteiger partial charge in [-0.05, 0) is 49.1 Å². The van der Waals surface area contributed by atoms with Gasteiger partial charge in [0.05, 0.1) is 5.69 Å². The summed E-state index contributed by atoms with van der Waals surface area (Å²) in [5.41, 5.74) is 3.36. The van der Waals surface area contributed by atoms with Crippen molar-refractivity contribution in [2.75, 3.05) is 26.2 Å². The fraction of sp³-hybridized carbons (Fsp3) is 0.556. The van der Waals surface area contributed by atoms with Gasteiger partial charge in [-0.25, -0.2) is 0 Å². The van der Waals surface area contributed by atoms with E-state index < -0.39 is 0 Å². The summed E-state index contributed by atoms with van der Waals surface area (Å²) in [6, 6.07) is 2.18. The normalized spacial score (nSPS) is 16.3. The van der Waals surface area contributed by atoms with Gasteiger partial charge >= 0.3 is 0 Å². The Morgan fingerprint density at radius 1 is 1.29 bits per heavy atom. The first-order chi connectivity index (χ1) is 11.6. The summed E-state index contributed by atoms with van der Waals surface area (Å²) in [7, 11) is 0. The topological polar surface area (TPSA) is 49.6 Å². The molecule has 2 aromatic rings. The van der Waals surface area contributed by atoms with E-state index in [9.17, 15) is 4.79 Å². The molecule has 5 nitrogen and oxygen atoms in total. The maximum absolute atomic E-state index is 12.6. The standard InChI is InChI=1S/C18H25N3O2S/c1-14-17(15(2)23-19-14)4-5-18(22)21-8-3-7-20(9-10-21)12-16-6-11-24-13-16/h6,11,13H,3-5,7-10,12H2,1-2H3. The van der Waals surface area contributed by atoms with Crippen LogP contribution in [0, 0.1) is 13.8 Å². The van der Waals surface area contributed by atoms with Crippen molar-refractivity contribution >= 4 is 17.2 Å². The van der Waals surface area contributed by atoms with E-state index in [0.717, 1.165) is 62.6 Å². The van der Waals surface area contributed by atoms with Crippen LogP contribution in [0.5, 0.6) is 0 Å². The van der Waals surface area contributed by atoms with Gasteiger partial charge in [-0.2, -0.15) is 11.3 Å². The number of aromatic nitrogens is 1. The molecule has 3 rings (SSSR count). The first-order valence-corrected chi connectivity index (χ1v) is 9.50. The summed E-state index contributed by atoms with van der Waals surface area (Å²) < 4.78 is 5.18. The Hall–Kier alpha value is -1.66. The zero-order chi connectivity index (χ0) is 16.9. The molecule has 3 heterocycles. The summed E-state index contributed by atoms with van der Waals surface area (Å²) >= 11 is 1.74. The summed E-state index contributed by atoms with van der Waals surface area (Å²) in [4.78, 5) is 17.0. The van der Waals surface area contributed by atoms with E-state index in [1.165, 1.54) is 5.56 Å². The molecule has 0 N–H and O–H groups in total. The zero-order valence-electron chi connectivity index (χ0n) is 14.5. The quantitative estimate of drug-likeness (QED) is 0.834. The molecule has 1 aliphatic rings. The van der Waals surface area contributed by atoms with E-state index in [4.69, 9.17) is 4.52 Å². The van der Waals surface area contributed by atoms with Gasteiger partial charge in [-0.3, -0.25) is 9.69 Å². The number of hydrogen-bond acceptors (Lipinski definition) is 5. The summed E-state index contributed by atoms with van der Waals surface area (Å²) in [5, 5.41) is 8.29. The number of carbonyl (C=O) groups excluding carboxylic acids is 1. The Morgan fingerprint density at radius 3 is 2.88 bits per heavy atom. The van der Waals surface area contributed by atoms with Gasteiger partial charge in [0.2, 0.25) is 5.91 Å². The molecule has 1 aliphatic heterocycles. The number of rotatable bonds is 5. The van der Waals surface area contributed by atoms with Crippen LogP contribution in [0.2, 0.25) is 0 Å². The number of hydrogen-bond donors (Lipinski definition) is 0. The molecular formula is C18H25N3O2S. The van der Waals surface area contributed by atoms with E-state index >= 15 is 0 Å². The third-order valence-corrected chi connectivity index (χ3v) is 5.43. The fourth-order valence-corrected chi connectivity index (χ4v) is 3.93. The Balaban J connectivity index is 1.49. The molecule has 1 saturated heterocycles. The zero-order valence-corrected chi connectivity index (χ0v) is 15.3. The second-order valence-corrected chi connectivity index (χ2v) is 7.22. The van der Waals surface area contributed by atoms with E-state index in [0.29, 0.717) is 6.42 Å². The van der Waals surface area contributed by atoms with E-state index in [2.05, 4.69) is 26.9 Å². The summed E-state index contributed by atoms with van der Waals surface area (Å²) in [5.74, 6) is 1.07. The molecule has 130 valence electrons. The van der Waals surface area contributed by atoms with Crippen LogP contribution in [0.1, 0.15) is 35.4 Å². The van der Waals surface area contributed by atoms with Gasteiger partial charge < -0.3 is 9.42 Å². The largest absolute Gasteiger partial charge is 0.361 e. The molecule has 6 heteroatoms. The average molecular weight is 347 g/mol. The van der Waals surface area contributed by atoms with Crippen LogP contribution in [0.3, 0.4) is 0 Å². The summed E-state index contributed by atoms with van der Waals surface area (Å²) in [6.07, 6.45) is 2.30. The lowest BCUT2D eigenvalue weighted by Gasteiger charge is -2.22. The molecular weight excluding hydrogens is 322 g/mol. The second kappa shape index (κ2) is 7.94. The fourth-order valence-electron chi connectivity index (χ4n) is 3.27. The molecule has 0 aromatic carbocycles. The minimum absolute atomic E-state index is 0.243. The predicted octanol–water partition coefficient (Wildman–Crippen LogP) is 3.02. The maximum Gasteiger partial charge on any atom is 0.222 e. The van der Waals surface area contributed by atoms with Gasteiger partial charge in [-0.1, -0.05) is 5.16 Å². The van der Waals surface area contributed by atoms with Crippen molar-refractivity contribution in [3.8, 4) is 0 Å². The third kappa shape index (κ3) is 4.24. The highest BCUT2D eigenvalue weighted by molar-refractivity contribution is 7.07. The van der Waals surface area contributed by atoms with Crippen LogP contribution >= 0.6 is 11.3 Å². The van der Waals surface area contributed by atoms with Gasteiger partial charge in [0.1, 0.15) is 5.76 Å². The lowest BCUT2D eigenvalue weighted by molar-refractivity contribution is -0.131. The van der Waals surface area contributed by atoms with Crippen molar-refractivity contribution < 1.29 is 9.32 Å². The summed E-state index contributed by atoms with van der Waals surface area (Å²) in [6.45, 7) is 8.53. The van der Waals surface area contributed by atoms with Crippen molar-refractivity contribution in [3.05, 3.63) is 39.4 Å². The first kappa shape index (κ1) is 17.2. The van der Waals surface area contributed by atoms with Gasteiger partial charge in [0.15, 0.2) is 0 Å². The van der Waals surface area contributed by atoms with Crippen molar-refractivity contribution in [2.24, 2.45) is 0 Å². The van der Waals surface area contributed by atoms with Crippen LogP contribution in [-0.4, -0.2) is 47.0 Å². The van der Waals surface area contributed by atoms with Gasteiger partial charge in [0, 0.05) is 44.7 Å². The molecule has 0 bridgehead atoms. The minimum Gasteiger partial charge on any atom is -0.361 e. The molecule has 0 spiro atoms. The second-order valence-electron chi connectivity index (χ2n) is 6.44. The van der Waals surface area contributed by atoms with Crippen LogP contribution < -0.4 is 0 Å². The van der Waals surface area contributed by atoms with Gasteiger partial charge in [-0.15, -0.1) is 0 Å². The van der Waals surface area contributed by atoms with E-state index in [1.54, 1.807) is 11.3 Å². The van der Waals surface area contributed by atoms with Crippen LogP contribution in [-0.2, 0) is 17.8 Å². The first-order valence-electron chi connectivity index (χ1n) is 8.56. The maximum atomic E-state index is 12.6. The molecule has 24 heavy (non-hydrogen) atoms. The average Bonchev–Trinajstić information content (AvgIpc) is 3.10. The minimum atomic E-state index is 0.243.